The van der Waals surface area contributed by atoms with Gasteiger partial charge in [0.1, 0.15) is 22.6 Å². The summed E-state index contributed by atoms with van der Waals surface area (Å²) < 4.78 is 15.0. The molecule has 0 atom stereocenters. The first-order valence-electron chi connectivity index (χ1n) is 7.07. The molecule has 1 N–H and O–H groups in total. The van der Waals surface area contributed by atoms with Crippen molar-refractivity contribution < 1.29 is 28.3 Å². The van der Waals surface area contributed by atoms with Crippen molar-refractivity contribution in [1.82, 2.24) is 0 Å². The Morgan fingerprint density at radius 1 is 1.21 bits per heavy atom. The molecule has 8 heteroatoms. The van der Waals surface area contributed by atoms with Crippen LogP contribution < -0.4 is 15.7 Å². The summed E-state index contributed by atoms with van der Waals surface area (Å²) in [6.45, 7) is 4.09. The molecule has 0 spiro atoms. The van der Waals surface area contributed by atoms with Gasteiger partial charge in [0.25, 0.3) is 0 Å². The first-order chi connectivity index (χ1) is 11.3. The number of hydrogen-bond acceptors (Lipinski definition) is 7. The monoisotopic (exact) mass is 333 g/mol. The highest BCUT2D eigenvalue weighted by Gasteiger charge is 2.23. The maximum atomic E-state index is 12.3. The normalized spacial score (nSPS) is 10.3. The Labute approximate surface area is 136 Å². The van der Waals surface area contributed by atoms with Crippen LogP contribution in [-0.4, -0.2) is 24.5 Å². The van der Waals surface area contributed by atoms with Crippen LogP contribution in [0.3, 0.4) is 0 Å². The molecule has 1 heterocycles. The smallest absolute Gasteiger partial charge is 0.361 e. The van der Waals surface area contributed by atoms with Crippen molar-refractivity contribution in [3.8, 4) is 5.75 Å². The Balaban J connectivity index is 2.78. The summed E-state index contributed by atoms with van der Waals surface area (Å²) in [4.78, 5) is 46.8. The van der Waals surface area contributed by atoms with Crippen molar-refractivity contribution in [1.29, 1.82) is 0 Å². The van der Waals surface area contributed by atoms with Crippen molar-refractivity contribution in [3.05, 3.63) is 34.2 Å². The largest absolute Gasteiger partial charge is 0.462 e. The molecule has 126 valence electrons. The minimum atomic E-state index is -0.888. The van der Waals surface area contributed by atoms with E-state index in [9.17, 15) is 19.2 Å². The molecule has 0 fully saturated rings. The Bertz CT molecular complexity index is 882. The van der Waals surface area contributed by atoms with E-state index < -0.39 is 23.5 Å². The number of esters is 2. The lowest BCUT2D eigenvalue weighted by Gasteiger charge is -2.11. The summed E-state index contributed by atoms with van der Waals surface area (Å²) >= 11 is 0. The molecule has 0 aliphatic carbocycles. The Morgan fingerprint density at radius 2 is 1.92 bits per heavy atom. The fourth-order valence-electron chi connectivity index (χ4n) is 2.12. The third kappa shape index (κ3) is 3.60. The maximum Gasteiger partial charge on any atom is 0.361 e. The number of fused-ring (bicyclic) bond motifs is 1. The van der Waals surface area contributed by atoms with Gasteiger partial charge in [-0.3, -0.25) is 9.59 Å². The van der Waals surface area contributed by atoms with E-state index >= 15 is 0 Å². The van der Waals surface area contributed by atoms with Crippen molar-refractivity contribution >= 4 is 34.5 Å². The lowest BCUT2D eigenvalue weighted by Crippen LogP contribution is -2.20. The summed E-state index contributed by atoms with van der Waals surface area (Å²) in [5, 5.41) is 2.46. The molecule has 24 heavy (non-hydrogen) atoms. The number of amides is 1. The zero-order chi connectivity index (χ0) is 17.9. The van der Waals surface area contributed by atoms with Crippen LogP contribution >= 0.6 is 0 Å². The van der Waals surface area contributed by atoms with Crippen molar-refractivity contribution in [2.45, 2.75) is 20.8 Å². The van der Waals surface area contributed by atoms with E-state index in [4.69, 9.17) is 13.9 Å². The Kier molecular flexibility index (Phi) is 4.98. The molecule has 0 bridgehead atoms. The molecule has 2 rings (SSSR count). The third-order valence-electron chi connectivity index (χ3n) is 2.92. The van der Waals surface area contributed by atoms with Gasteiger partial charge in [0, 0.05) is 19.2 Å². The van der Waals surface area contributed by atoms with Crippen LogP contribution in [0.2, 0.25) is 0 Å². The van der Waals surface area contributed by atoms with E-state index in [1.54, 1.807) is 6.92 Å². The van der Waals surface area contributed by atoms with Gasteiger partial charge in [0.2, 0.25) is 5.91 Å². The highest BCUT2D eigenvalue weighted by Crippen LogP contribution is 2.28. The van der Waals surface area contributed by atoms with Crippen molar-refractivity contribution in [2.24, 2.45) is 0 Å². The number of anilines is 1. The Morgan fingerprint density at radius 3 is 2.50 bits per heavy atom. The molecular weight excluding hydrogens is 318 g/mol. The van der Waals surface area contributed by atoms with Crippen LogP contribution in [0.5, 0.6) is 5.75 Å². The summed E-state index contributed by atoms with van der Waals surface area (Å²) in [5.74, 6) is -1.75. The zero-order valence-electron chi connectivity index (χ0n) is 13.3. The molecule has 0 aliphatic rings. The van der Waals surface area contributed by atoms with Crippen LogP contribution in [0.4, 0.5) is 5.69 Å². The van der Waals surface area contributed by atoms with E-state index in [-0.39, 0.29) is 34.6 Å². The first-order valence-corrected chi connectivity index (χ1v) is 7.07. The minimum Gasteiger partial charge on any atom is -0.462 e. The van der Waals surface area contributed by atoms with Gasteiger partial charge >= 0.3 is 17.6 Å². The summed E-state index contributed by atoms with van der Waals surface area (Å²) in [6.07, 6.45) is 0. The van der Waals surface area contributed by atoms with Crippen molar-refractivity contribution in [3.63, 3.8) is 0 Å². The number of benzene rings is 1. The van der Waals surface area contributed by atoms with Gasteiger partial charge < -0.3 is 19.2 Å². The minimum absolute atomic E-state index is 0.0731. The molecular formula is C16H15NO7. The van der Waals surface area contributed by atoms with Crippen LogP contribution in [-0.2, 0) is 14.3 Å². The highest BCUT2D eigenvalue weighted by atomic mass is 16.5. The molecule has 0 aliphatic heterocycles. The predicted octanol–water partition coefficient (Wildman–Crippen LogP) is 1.85. The molecule has 1 aromatic carbocycles. The molecule has 1 amide bonds. The second kappa shape index (κ2) is 6.95. The van der Waals surface area contributed by atoms with E-state index in [0.717, 1.165) is 0 Å². The quantitative estimate of drug-likeness (QED) is 0.516. The maximum absolute atomic E-state index is 12.3. The number of carbonyl (C=O) groups excluding carboxylic acids is 3. The molecule has 0 radical (unpaired) electrons. The molecule has 0 unspecified atom stereocenters. The summed E-state index contributed by atoms with van der Waals surface area (Å²) in [5.41, 5.74) is -1.28. The topological polar surface area (TPSA) is 112 Å². The fraction of sp³-hybridized carbons (Fsp3) is 0.250. The third-order valence-corrected chi connectivity index (χ3v) is 2.92. The van der Waals surface area contributed by atoms with E-state index in [1.807, 2.05) is 0 Å². The second-order valence-electron chi connectivity index (χ2n) is 4.79. The molecule has 2 aromatic rings. The van der Waals surface area contributed by atoms with Crippen LogP contribution in [0, 0.1) is 0 Å². The SMILES string of the molecule is CCOC(=O)c1c(NC(C)=O)c(=O)oc2ccc(OC(C)=O)cc12. The van der Waals surface area contributed by atoms with Gasteiger partial charge in [-0.15, -0.1) is 0 Å². The van der Waals surface area contributed by atoms with E-state index in [1.165, 1.54) is 32.0 Å². The summed E-state index contributed by atoms with van der Waals surface area (Å²) in [6, 6.07) is 4.16. The van der Waals surface area contributed by atoms with Gasteiger partial charge in [0.15, 0.2) is 0 Å². The van der Waals surface area contributed by atoms with Crippen molar-refractivity contribution in [2.75, 3.05) is 11.9 Å². The number of nitrogens with one attached hydrogen (secondary N) is 1. The summed E-state index contributed by atoms with van der Waals surface area (Å²) in [7, 11) is 0. The van der Waals surface area contributed by atoms with Gasteiger partial charge in [-0.05, 0) is 25.1 Å². The van der Waals surface area contributed by atoms with Crippen LogP contribution in [0.15, 0.2) is 27.4 Å². The van der Waals surface area contributed by atoms with Gasteiger partial charge in [-0.25, -0.2) is 9.59 Å². The van der Waals surface area contributed by atoms with Gasteiger partial charge in [-0.2, -0.15) is 0 Å². The average Bonchev–Trinajstić information content (AvgIpc) is 2.47. The first kappa shape index (κ1) is 17.2. The lowest BCUT2D eigenvalue weighted by molar-refractivity contribution is -0.131. The second-order valence-corrected chi connectivity index (χ2v) is 4.79. The average molecular weight is 333 g/mol. The van der Waals surface area contributed by atoms with E-state index in [2.05, 4.69) is 5.32 Å². The van der Waals surface area contributed by atoms with Crippen LogP contribution in [0.25, 0.3) is 11.0 Å². The molecule has 0 saturated carbocycles. The lowest BCUT2D eigenvalue weighted by atomic mass is 10.1. The number of ether oxygens (including phenoxy) is 2. The number of rotatable bonds is 4. The van der Waals surface area contributed by atoms with E-state index in [0.29, 0.717) is 0 Å². The number of hydrogen-bond donors (Lipinski definition) is 1. The molecule has 8 nitrogen and oxygen atoms in total. The molecule has 1 aromatic heterocycles. The predicted molar refractivity (Wildman–Crippen MR) is 84.1 cm³/mol. The highest BCUT2D eigenvalue weighted by molar-refractivity contribution is 6.10. The van der Waals surface area contributed by atoms with Crippen LogP contribution in [0.1, 0.15) is 31.1 Å². The van der Waals surface area contributed by atoms with Gasteiger partial charge in [-0.1, -0.05) is 0 Å². The van der Waals surface area contributed by atoms with Gasteiger partial charge in [0.05, 0.1) is 6.61 Å². The standard InChI is InChI=1S/C16H15NO7/c1-4-22-15(20)13-11-7-10(23-9(3)19)5-6-12(11)24-16(21)14(13)17-8(2)18/h5-7H,4H2,1-3H3,(H,17,18). The zero-order valence-corrected chi connectivity index (χ0v) is 13.3. The molecule has 0 saturated heterocycles. The fourth-order valence-corrected chi connectivity index (χ4v) is 2.12. The Hall–Kier alpha value is -3.16. The number of carbonyl (C=O) groups is 3.